The maximum Gasteiger partial charge on any atom is 0.414 e. The van der Waals surface area contributed by atoms with Crippen molar-refractivity contribution in [2.45, 2.75) is 25.8 Å². The van der Waals surface area contributed by atoms with Gasteiger partial charge in [-0.3, -0.25) is 0 Å². The summed E-state index contributed by atoms with van der Waals surface area (Å²) >= 11 is 0. The quantitative estimate of drug-likeness (QED) is 0.576. The van der Waals surface area contributed by atoms with E-state index in [0.29, 0.717) is 11.3 Å². The normalized spacial score (nSPS) is 13.0. The molecule has 1 atom stereocenters. The third kappa shape index (κ3) is 4.33. The average Bonchev–Trinajstić information content (AvgIpc) is 3.08. The standard InChI is InChI=1S/C19H14F5N2O/c1-12(19(22,23)24)27-11-13-8-14(10-15(20)9-13)17-6-7-25-26(17)18-5-3-2-4-16(18)21/h2-6,8-10,12H,11H2,1H3/t12-/m1/s1. The van der Waals surface area contributed by atoms with Gasteiger partial charge in [0.2, 0.25) is 0 Å². The van der Waals surface area contributed by atoms with Crippen LogP contribution in [0.15, 0.2) is 48.5 Å². The molecule has 0 aliphatic heterocycles. The van der Waals surface area contributed by atoms with Crippen LogP contribution in [-0.4, -0.2) is 22.1 Å². The van der Waals surface area contributed by atoms with Crippen LogP contribution in [0.3, 0.4) is 0 Å². The third-order valence-electron chi connectivity index (χ3n) is 3.88. The summed E-state index contributed by atoms with van der Waals surface area (Å²) in [6, 6.07) is 11.0. The highest BCUT2D eigenvalue weighted by Gasteiger charge is 2.36. The molecule has 0 N–H and O–H groups in total. The molecule has 3 rings (SSSR count). The first kappa shape index (κ1) is 19.0. The maximum atomic E-state index is 14.1. The van der Waals surface area contributed by atoms with Gasteiger partial charge in [-0.25, -0.2) is 13.5 Å². The Bertz CT molecular complexity index is 936. The fourth-order valence-electron chi connectivity index (χ4n) is 2.47. The van der Waals surface area contributed by atoms with Crippen LogP contribution < -0.4 is 0 Å². The first-order valence-electron chi connectivity index (χ1n) is 7.95. The Morgan fingerprint density at radius 3 is 2.59 bits per heavy atom. The zero-order valence-electron chi connectivity index (χ0n) is 14.1. The molecule has 1 aromatic heterocycles. The first-order valence-corrected chi connectivity index (χ1v) is 7.95. The summed E-state index contributed by atoms with van der Waals surface area (Å²) in [5.74, 6) is -1.19. The topological polar surface area (TPSA) is 27.1 Å². The van der Waals surface area contributed by atoms with Crippen LogP contribution in [0.5, 0.6) is 0 Å². The fraction of sp³-hybridized carbons (Fsp3) is 0.211. The summed E-state index contributed by atoms with van der Waals surface area (Å²) in [6.07, 6.45) is -3.91. The number of nitrogens with zero attached hydrogens (tertiary/aromatic N) is 2. The van der Waals surface area contributed by atoms with Gasteiger partial charge in [0.05, 0.1) is 12.3 Å². The van der Waals surface area contributed by atoms with Crippen LogP contribution >= 0.6 is 0 Å². The van der Waals surface area contributed by atoms with E-state index in [9.17, 15) is 22.0 Å². The minimum absolute atomic E-state index is 0.140. The van der Waals surface area contributed by atoms with Crippen molar-refractivity contribution in [2.75, 3.05) is 0 Å². The van der Waals surface area contributed by atoms with E-state index < -0.39 is 30.5 Å². The molecule has 0 aliphatic carbocycles. The number of halogens is 5. The van der Waals surface area contributed by atoms with Gasteiger partial charge < -0.3 is 4.74 Å². The Morgan fingerprint density at radius 1 is 1.15 bits per heavy atom. The van der Waals surface area contributed by atoms with E-state index in [1.807, 2.05) is 0 Å². The lowest BCUT2D eigenvalue weighted by atomic mass is 10.1. The van der Waals surface area contributed by atoms with Crippen molar-refractivity contribution < 1.29 is 26.7 Å². The van der Waals surface area contributed by atoms with Gasteiger partial charge in [-0.2, -0.15) is 18.3 Å². The minimum Gasteiger partial charge on any atom is -0.364 e. The van der Waals surface area contributed by atoms with Crippen LogP contribution in [0.2, 0.25) is 0 Å². The lowest BCUT2D eigenvalue weighted by Crippen LogP contribution is -2.28. The summed E-state index contributed by atoms with van der Waals surface area (Å²) in [6.45, 7) is 0.450. The molecule has 1 heterocycles. The average molecular weight is 381 g/mol. The van der Waals surface area contributed by atoms with Crippen molar-refractivity contribution in [3.05, 3.63) is 71.9 Å². The van der Waals surface area contributed by atoms with Crippen molar-refractivity contribution in [1.29, 1.82) is 0 Å². The highest BCUT2D eigenvalue weighted by Crippen LogP contribution is 2.27. The molecule has 1 radical (unpaired) electrons. The van der Waals surface area contributed by atoms with Gasteiger partial charge in [0.25, 0.3) is 0 Å². The second-order valence-electron chi connectivity index (χ2n) is 5.86. The number of ether oxygens (including phenoxy) is 1. The Morgan fingerprint density at radius 2 is 1.89 bits per heavy atom. The number of benzene rings is 2. The third-order valence-corrected chi connectivity index (χ3v) is 3.88. The van der Waals surface area contributed by atoms with E-state index in [0.717, 1.165) is 13.0 Å². The zero-order chi connectivity index (χ0) is 19.6. The van der Waals surface area contributed by atoms with Gasteiger partial charge in [-0.05, 0) is 48.9 Å². The van der Waals surface area contributed by atoms with Gasteiger partial charge >= 0.3 is 6.18 Å². The van der Waals surface area contributed by atoms with E-state index >= 15 is 0 Å². The molecule has 0 spiro atoms. The van der Waals surface area contributed by atoms with Gasteiger partial charge in [0, 0.05) is 5.56 Å². The lowest BCUT2D eigenvalue weighted by Gasteiger charge is -2.17. The Kier molecular flexibility index (Phi) is 5.27. The molecule has 27 heavy (non-hydrogen) atoms. The van der Waals surface area contributed by atoms with Crippen LogP contribution in [0, 0.1) is 17.8 Å². The molecule has 0 aliphatic rings. The molecule has 0 amide bonds. The van der Waals surface area contributed by atoms with Crippen molar-refractivity contribution >= 4 is 0 Å². The SMILES string of the molecule is C[C@@H](OCc1cc(F)cc(-c2c[c]nn2-c2ccccc2F)c1)C(F)(F)F. The number of hydrogen-bond acceptors (Lipinski definition) is 2. The van der Waals surface area contributed by atoms with Crippen LogP contribution in [0.25, 0.3) is 16.9 Å². The van der Waals surface area contributed by atoms with Crippen LogP contribution in [0.4, 0.5) is 22.0 Å². The van der Waals surface area contributed by atoms with E-state index in [1.165, 1.54) is 41.1 Å². The highest BCUT2D eigenvalue weighted by atomic mass is 19.4. The first-order chi connectivity index (χ1) is 12.8. The molecule has 0 saturated carbocycles. The molecule has 0 fully saturated rings. The molecule has 2 aromatic carbocycles. The predicted molar refractivity (Wildman–Crippen MR) is 88.1 cm³/mol. The number of hydrogen-bond donors (Lipinski definition) is 0. The van der Waals surface area contributed by atoms with E-state index in [4.69, 9.17) is 4.74 Å². The van der Waals surface area contributed by atoms with Crippen LogP contribution in [0.1, 0.15) is 12.5 Å². The summed E-state index contributed by atoms with van der Waals surface area (Å²) in [5, 5.41) is 3.94. The molecule has 0 unspecified atom stereocenters. The highest BCUT2D eigenvalue weighted by molar-refractivity contribution is 5.63. The second-order valence-corrected chi connectivity index (χ2v) is 5.86. The van der Waals surface area contributed by atoms with Gasteiger partial charge in [-0.15, -0.1) is 0 Å². The molecular formula is C19H14F5N2O. The molecule has 3 aromatic rings. The molecule has 0 bridgehead atoms. The summed E-state index contributed by atoms with van der Waals surface area (Å²) in [7, 11) is 0. The lowest BCUT2D eigenvalue weighted by molar-refractivity contribution is -0.217. The van der Waals surface area contributed by atoms with E-state index in [2.05, 4.69) is 11.3 Å². The molecule has 0 saturated heterocycles. The summed E-state index contributed by atoms with van der Waals surface area (Å²) in [5.41, 5.74) is 0.999. The minimum atomic E-state index is -4.51. The molecule has 141 valence electrons. The van der Waals surface area contributed by atoms with Gasteiger partial charge in [-0.1, -0.05) is 12.1 Å². The second kappa shape index (κ2) is 7.48. The number of para-hydroxylation sites is 1. The van der Waals surface area contributed by atoms with Crippen molar-refractivity contribution in [2.24, 2.45) is 0 Å². The van der Waals surface area contributed by atoms with Crippen LogP contribution in [-0.2, 0) is 11.3 Å². The van der Waals surface area contributed by atoms with Gasteiger partial charge in [0.1, 0.15) is 23.5 Å². The molecule has 3 nitrogen and oxygen atoms in total. The van der Waals surface area contributed by atoms with E-state index in [-0.39, 0.29) is 11.3 Å². The number of rotatable bonds is 5. The Hall–Kier alpha value is -2.74. The predicted octanol–water partition coefficient (Wildman–Crippen LogP) is 5.09. The van der Waals surface area contributed by atoms with Crippen molar-refractivity contribution in [1.82, 2.24) is 9.78 Å². The van der Waals surface area contributed by atoms with Crippen molar-refractivity contribution in [3.8, 4) is 16.9 Å². The van der Waals surface area contributed by atoms with E-state index in [1.54, 1.807) is 6.07 Å². The zero-order valence-corrected chi connectivity index (χ0v) is 14.1. The maximum absolute atomic E-state index is 14.1. The van der Waals surface area contributed by atoms with Gasteiger partial charge in [0.15, 0.2) is 6.10 Å². The number of aromatic nitrogens is 2. The summed E-state index contributed by atoms with van der Waals surface area (Å²) in [4.78, 5) is 0. The van der Waals surface area contributed by atoms with Crippen molar-refractivity contribution in [3.63, 3.8) is 0 Å². The Balaban J connectivity index is 1.92. The molecular weight excluding hydrogens is 367 g/mol. The smallest absolute Gasteiger partial charge is 0.364 e. The molecule has 8 heteroatoms. The largest absolute Gasteiger partial charge is 0.414 e. The fourth-order valence-corrected chi connectivity index (χ4v) is 2.47. The monoisotopic (exact) mass is 381 g/mol. The summed E-state index contributed by atoms with van der Waals surface area (Å²) < 4.78 is 71.8. The Labute approximate surface area is 152 Å². The number of alkyl halides is 3.